The third-order valence-electron chi connectivity index (χ3n) is 16.9. The molecule has 2 heterocycles. The van der Waals surface area contributed by atoms with E-state index >= 15 is 0 Å². The second-order valence-electron chi connectivity index (χ2n) is 24.2. The largest absolute Gasteiger partial charge is 0.465 e. The van der Waals surface area contributed by atoms with Crippen molar-refractivity contribution in [1.29, 1.82) is 0 Å². The first-order valence-corrected chi connectivity index (χ1v) is 33.4. The Bertz CT molecular complexity index is 1340. The summed E-state index contributed by atoms with van der Waals surface area (Å²) in [5, 5.41) is 3.40. The van der Waals surface area contributed by atoms with E-state index in [-0.39, 0.29) is 34.7 Å². The fourth-order valence-corrected chi connectivity index (χ4v) is 11.2. The average Bonchev–Trinajstić information content (AvgIpc) is 3.44. The number of rotatable bonds is 55. The van der Waals surface area contributed by atoms with E-state index in [0.717, 1.165) is 142 Å². The molecule has 2 saturated heterocycles. The predicted octanol–water partition coefficient (Wildman–Crippen LogP) is 17.1. The molecule has 0 aromatic rings. The van der Waals surface area contributed by atoms with E-state index in [1.807, 2.05) is 0 Å². The highest BCUT2D eigenvalue weighted by Crippen LogP contribution is 2.34. The maximum absolute atomic E-state index is 12.9. The van der Waals surface area contributed by atoms with Gasteiger partial charge in [0.2, 0.25) is 0 Å². The number of hydrogen-bond acceptors (Lipinski definition) is 11. The summed E-state index contributed by atoms with van der Waals surface area (Å²) in [4.78, 5) is 53.5. The molecule has 11 heteroatoms. The van der Waals surface area contributed by atoms with Gasteiger partial charge in [-0.15, -0.1) is 0 Å². The van der Waals surface area contributed by atoms with E-state index in [4.69, 9.17) is 23.7 Å². The molecule has 2 rings (SSSR count). The van der Waals surface area contributed by atoms with Crippen molar-refractivity contribution in [1.82, 2.24) is 10.2 Å². The van der Waals surface area contributed by atoms with Crippen molar-refractivity contribution in [2.45, 2.75) is 316 Å². The summed E-state index contributed by atoms with van der Waals surface area (Å²) >= 11 is 0. The third-order valence-corrected chi connectivity index (χ3v) is 16.9. The van der Waals surface area contributed by atoms with Crippen LogP contribution in [0.25, 0.3) is 0 Å². The smallest absolute Gasteiger partial charge is 0.305 e. The monoisotopic (exact) mass is 1090 g/mol. The zero-order chi connectivity index (χ0) is 55.4. The first kappa shape index (κ1) is 70.9. The highest BCUT2D eigenvalue weighted by Gasteiger charge is 2.38. The van der Waals surface area contributed by atoms with Gasteiger partial charge in [-0.25, -0.2) is 0 Å². The summed E-state index contributed by atoms with van der Waals surface area (Å²) in [5.41, 5.74) is -0.578. The molecule has 0 spiro atoms. The van der Waals surface area contributed by atoms with E-state index in [1.165, 1.54) is 173 Å². The van der Waals surface area contributed by atoms with Gasteiger partial charge in [-0.2, -0.15) is 0 Å². The first-order valence-electron chi connectivity index (χ1n) is 33.4. The van der Waals surface area contributed by atoms with Crippen LogP contribution in [0, 0.1) is 10.8 Å². The van der Waals surface area contributed by atoms with Gasteiger partial charge in [-0.1, -0.05) is 226 Å². The van der Waals surface area contributed by atoms with E-state index in [1.54, 1.807) is 0 Å². The predicted molar refractivity (Wildman–Crippen MR) is 318 cm³/mol. The minimum absolute atomic E-state index is 0.108. The molecule has 0 saturated carbocycles. The molecular weight excluding hydrogens is 965 g/mol. The summed E-state index contributed by atoms with van der Waals surface area (Å²) < 4.78 is 29.5. The minimum Gasteiger partial charge on any atom is -0.465 e. The van der Waals surface area contributed by atoms with Gasteiger partial charge < -0.3 is 33.9 Å². The van der Waals surface area contributed by atoms with Crippen LogP contribution in [-0.4, -0.2) is 101 Å². The zero-order valence-corrected chi connectivity index (χ0v) is 50.9. The van der Waals surface area contributed by atoms with Crippen LogP contribution in [0.4, 0.5) is 0 Å². The molecular formula is C66H124N2O9. The van der Waals surface area contributed by atoms with Crippen LogP contribution in [-0.2, 0) is 42.9 Å². The van der Waals surface area contributed by atoms with Crippen LogP contribution in [0.2, 0.25) is 0 Å². The number of likely N-dealkylation sites (tertiary alicyclic amines) is 1. The summed E-state index contributed by atoms with van der Waals surface area (Å²) in [7, 11) is 0. The Morgan fingerprint density at radius 2 is 0.597 bits per heavy atom. The number of esters is 4. The molecule has 2 fully saturated rings. The average molecular weight is 1090 g/mol. The highest BCUT2D eigenvalue weighted by molar-refractivity contribution is 5.70. The molecule has 77 heavy (non-hydrogen) atoms. The number of unbranched alkanes of at least 4 members (excludes halogenated alkanes) is 33. The van der Waals surface area contributed by atoms with Crippen molar-refractivity contribution in [3.63, 3.8) is 0 Å². The zero-order valence-electron chi connectivity index (χ0n) is 50.9. The Morgan fingerprint density at radius 1 is 0.338 bits per heavy atom. The Morgan fingerprint density at radius 3 is 0.909 bits per heavy atom. The van der Waals surface area contributed by atoms with Crippen LogP contribution in [0.5, 0.6) is 0 Å². The van der Waals surface area contributed by atoms with Gasteiger partial charge >= 0.3 is 23.9 Å². The van der Waals surface area contributed by atoms with Crippen LogP contribution >= 0.6 is 0 Å². The molecule has 0 aromatic heterocycles. The minimum atomic E-state index is -0.308. The van der Waals surface area contributed by atoms with Crippen molar-refractivity contribution in [3.05, 3.63) is 0 Å². The lowest BCUT2D eigenvalue weighted by Gasteiger charge is -2.41. The summed E-state index contributed by atoms with van der Waals surface area (Å²) in [6.07, 6.45) is 51.1. The van der Waals surface area contributed by atoms with E-state index in [2.05, 4.69) is 31.0 Å². The first-order chi connectivity index (χ1) is 37.7. The number of nitrogens with one attached hydrogen (secondary N) is 1. The van der Waals surface area contributed by atoms with Gasteiger partial charge in [-0.3, -0.25) is 19.2 Å². The number of nitrogens with zero attached hydrogens (tertiary/aromatic N) is 1. The Kier molecular flexibility index (Phi) is 46.7. The normalized spacial score (nSPS) is 15.4. The maximum atomic E-state index is 12.9. The molecule has 0 bridgehead atoms. The summed E-state index contributed by atoms with van der Waals surface area (Å²) in [5.74, 6) is -0.452. The van der Waals surface area contributed by atoms with Crippen molar-refractivity contribution in [2.24, 2.45) is 10.8 Å². The number of piperidine rings is 2. The Labute approximate surface area is 474 Å². The molecule has 0 amide bonds. The third kappa shape index (κ3) is 41.4. The lowest BCUT2D eigenvalue weighted by Crippen LogP contribution is -2.46. The van der Waals surface area contributed by atoms with Crippen LogP contribution in [0.1, 0.15) is 316 Å². The van der Waals surface area contributed by atoms with Gasteiger partial charge in [0, 0.05) is 56.3 Å². The van der Waals surface area contributed by atoms with Crippen molar-refractivity contribution >= 4 is 23.9 Å². The molecule has 0 radical (unpaired) electrons. The van der Waals surface area contributed by atoms with Crippen molar-refractivity contribution in [2.75, 3.05) is 72.4 Å². The number of ether oxygens (including phenoxy) is 5. The standard InChI is InChI=1S/C66H124N2O9/c1-4-7-10-13-16-21-26-31-36-42-61(69)74-57-65(46-50-67-51-47-65)58-75-62(70)43-37-34-29-24-19-20-25-30-35-40-55-73-56-41-52-68-53-48-66(49-54-68,59-76-63(71)44-38-32-27-22-17-14-11-8-5-2)60-77-64(72)45-39-33-28-23-18-15-12-9-6-3/h67H,4-60H2,1-3H3. The van der Waals surface area contributed by atoms with Gasteiger partial charge in [0.15, 0.2) is 0 Å². The molecule has 0 atom stereocenters. The number of carbonyl (C=O) groups excluding carboxylic acids is 4. The van der Waals surface area contributed by atoms with Crippen molar-refractivity contribution in [3.8, 4) is 0 Å². The molecule has 0 aromatic carbocycles. The van der Waals surface area contributed by atoms with E-state index in [9.17, 15) is 19.2 Å². The van der Waals surface area contributed by atoms with Crippen LogP contribution < -0.4 is 5.32 Å². The Balaban J connectivity index is 1.51. The molecule has 452 valence electrons. The van der Waals surface area contributed by atoms with Gasteiger partial charge in [-0.05, 0) is 90.4 Å². The van der Waals surface area contributed by atoms with E-state index in [0.29, 0.717) is 52.1 Å². The molecule has 2 aliphatic heterocycles. The molecule has 0 aliphatic carbocycles. The second kappa shape index (κ2) is 50.7. The molecule has 1 N–H and O–H groups in total. The quantitative estimate of drug-likeness (QED) is 0.0355. The summed E-state index contributed by atoms with van der Waals surface area (Å²) in [6.45, 7) is 14.3. The summed E-state index contributed by atoms with van der Waals surface area (Å²) in [6, 6.07) is 0. The topological polar surface area (TPSA) is 130 Å². The molecule has 11 nitrogen and oxygen atoms in total. The van der Waals surface area contributed by atoms with Crippen LogP contribution in [0.15, 0.2) is 0 Å². The molecule has 2 aliphatic rings. The van der Waals surface area contributed by atoms with Gasteiger partial charge in [0.25, 0.3) is 0 Å². The second-order valence-corrected chi connectivity index (χ2v) is 24.2. The highest BCUT2D eigenvalue weighted by atomic mass is 16.6. The van der Waals surface area contributed by atoms with E-state index < -0.39 is 0 Å². The van der Waals surface area contributed by atoms with Gasteiger partial charge in [0.1, 0.15) is 26.4 Å². The maximum Gasteiger partial charge on any atom is 0.305 e. The number of hydrogen-bond donors (Lipinski definition) is 1. The SMILES string of the molecule is CCCCCCCCCCCC(=O)OCC1(COC(=O)CCCCCCCCCCCCOCCCN2CCC(COC(=O)CCCCCCCCCCC)(COC(=O)CCCCCCCCCCC)CC2)CCNCC1. The fraction of sp³-hybridized carbons (Fsp3) is 0.939. The lowest BCUT2D eigenvalue weighted by molar-refractivity contribution is -0.158. The fourth-order valence-electron chi connectivity index (χ4n) is 11.2. The van der Waals surface area contributed by atoms with Crippen LogP contribution in [0.3, 0.4) is 0 Å². The Hall–Kier alpha value is -2.24. The lowest BCUT2D eigenvalue weighted by atomic mass is 9.79. The van der Waals surface area contributed by atoms with Gasteiger partial charge in [0.05, 0.1) is 0 Å². The molecule has 0 unspecified atom stereocenters. The van der Waals surface area contributed by atoms with Crippen molar-refractivity contribution < 1.29 is 42.9 Å². The number of carbonyl (C=O) groups is 4.